The molecular formula is C21H21ClN4O3. The fraction of sp³-hybridized carbons (Fsp3) is 0.286. The Bertz CT molecular complexity index is 990. The third kappa shape index (κ3) is 4.58. The van der Waals surface area contributed by atoms with E-state index >= 15 is 0 Å². The number of anilines is 1. The number of amides is 1. The number of ether oxygens (including phenoxy) is 1. The molecule has 1 unspecified atom stereocenters. The van der Waals surface area contributed by atoms with Gasteiger partial charge in [-0.2, -0.15) is 0 Å². The summed E-state index contributed by atoms with van der Waals surface area (Å²) in [7, 11) is 1.61. The number of carbonyl (C=O) groups is 1. The first kappa shape index (κ1) is 19.4. The van der Waals surface area contributed by atoms with E-state index in [1.165, 1.54) is 0 Å². The lowest BCUT2D eigenvalue weighted by Gasteiger charge is -2.22. The van der Waals surface area contributed by atoms with Crippen LogP contribution in [-0.2, 0) is 11.3 Å². The zero-order valence-electron chi connectivity index (χ0n) is 16.0. The number of aromatic nitrogens is 2. The van der Waals surface area contributed by atoms with Crippen LogP contribution < -0.4 is 10.1 Å². The third-order valence-corrected chi connectivity index (χ3v) is 5.14. The van der Waals surface area contributed by atoms with Gasteiger partial charge in [-0.15, -0.1) is 10.2 Å². The Morgan fingerprint density at radius 1 is 1.28 bits per heavy atom. The third-order valence-electron chi connectivity index (χ3n) is 4.90. The second kappa shape index (κ2) is 8.63. The van der Waals surface area contributed by atoms with Gasteiger partial charge in [0.2, 0.25) is 17.7 Å². The van der Waals surface area contributed by atoms with Crippen molar-refractivity contribution in [3.05, 3.63) is 59.4 Å². The second-order valence-corrected chi connectivity index (χ2v) is 7.29. The first-order chi connectivity index (χ1) is 14.1. The number of benzene rings is 2. The maximum absolute atomic E-state index is 12.8. The van der Waals surface area contributed by atoms with E-state index in [9.17, 15) is 4.79 Å². The highest BCUT2D eigenvalue weighted by Crippen LogP contribution is 2.25. The number of hydrogen-bond donors (Lipinski definition) is 1. The van der Waals surface area contributed by atoms with Crippen molar-refractivity contribution in [2.75, 3.05) is 19.0 Å². The Labute approximate surface area is 173 Å². The molecule has 1 amide bonds. The molecule has 1 aliphatic rings. The van der Waals surface area contributed by atoms with E-state index in [0.29, 0.717) is 23.3 Å². The minimum absolute atomic E-state index is 0.0396. The molecule has 1 atom stereocenters. The van der Waals surface area contributed by atoms with Crippen molar-refractivity contribution in [3.8, 4) is 17.2 Å². The number of methoxy groups -OCH3 is 1. The molecule has 0 saturated carbocycles. The monoisotopic (exact) mass is 412 g/mol. The minimum atomic E-state index is -0.237. The molecular weight excluding hydrogens is 392 g/mol. The minimum Gasteiger partial charge on any atom is -0.497 e. The molecule has 0 aliphatic carbocycles. The summed E-state index contributed by atoms with van der Waals surface area (Å²) in [6, 6.07) is 14.3. The van der Waals surface area contributed by atoms with Crippen LogP contribution >= 0.6 is 11.6 Å². The predicted octanol–water partition coefficient (Wildman–Crippen LogP) is 4.00. The Kier molecular flexibility index (Phi) is 5.78. The molecule has 3 aromatic rings. The van der Waals surface area contributed by atoms with E-state index in [0.717, 1.165) is 36.4 Å². The molecule has 1 aliphatic heterocycles. The molecule has 1 aromatic heterocycles. The molecule has 1 N–H and O–H groups in total. The summed E-state index contributed by atoms with van der Waals surface area (Å²) in [6.45, 7) is 1.23. The SMILES string of the molecule is COc1ccc(NC(=O)C2CCCN2Cc2nnc(-c3cccc(Cl)c3)o2)cc1. The number of hydrogen-bond acceptors (Lipinski definition) is 6. The van der Waals surface area contributed by atoms with Gasteiger partial charge in [0.15, 0.2) is 0 Å². The fourth-order valence-corrected chi connectivity index (χ4v) is 3.63. The van der Waals surface area contributed by atoms with Gasteiger partial charge >= 0.3 is 0 Å². The average molecular weight is 413 g/mol. The lowest BCUT2D eigenvalue weighted by molar-refractivity contribution is -0.120. The molecule has 1 fully saturated rings. The number of nitrogens with zero attached hydrogens (tertiary/aromatic N) is 3. The molecule has 0 spiro atoms. The maximum atomic E-state index is 12.8. The first-order valence-corrected chi connectivity index (χ1v) is 9.77. The topological polar surface area (TPSA) is 80.5 Å². The zero-order chi connectivity index (χ0) is 20.2. The summed E-state index contributed by atoms with van der Waals surface area (Å²) in [5, 5.41) is 11.8. The van der Waals surface area contributed by atoms with Gasteiger partial charge in [0.05, 0.1) is 19.7 Å². The Morgan fingerprint density at radius 3 is 2.86 bits per heavy atom. The Morgan fingerprint density at radius 2 is 2.10 bits per heavy atom. The molecule has 8 heteroatoms. The van der Waals surface area contributed by atoms with Crippen molar-refractivity contribution in [2.45, 2.75) is 25.4 Å². The summed E-state index contributed by atoms with van der Waals surface area (Å²) < 4.78 is 10.9. The molecule has 2 aromatic carbocycles. The standard InChI is InChI=1S/C21H21ClN4O3/c1-28-17-9-7-16(8-10-17)23-20(27)18-6-3-11-26(18)13-19-24-25-21(29-19)14-4-2-5-15(22)12-14/h2,4-5,7-10,12,18H,3,6,11,13H2,1H3,(H,23,27). The van der Waals surface area contributed by atoms with E-state index in [-0.39, 0.29) is 11.9 Å². The van der Waals surface area contributed by atoms with Crippen LogP contribution in [-0.4, -0.2) is 40.7 Å². The van der Waals surface area contributed by atoms with E-state index < -0.39 is 0 Å². The van der Waals surface area contributed by atoms with E-state index in [1.54, 1.807) is 19.2 Å². The fourth-order valence-electron chi connectivity index (χ4n) is 3.44. The normalized spacial score (nSPS) is 16.7. The zero-order valence-corrected chi connectivity index (χ0v) is 16.7. The number of carbonyl (C=O) groups excluding carboxylic acids is 1. The van der Waals surface area contributed by atoms with E-state index in [2.05, 4.69) is 20.4 Å². The van der Waals surface area contributed by atoms with Crippen molar-refractivity contribution in [1.82, 2.24) is 15.1 Å². The summed E-state index contributed by atoms with van der Waals surface area (Å²) in [5.41, 5.74) is 1.51. The number of rotatable bonds is 6. The summed E-state index contributed by atoms with van der Waals surface area (Å²) in [5.74, 6) is 1.60. The highest BCUT2D eigenvalue weighted by atomic mass is 35.5. The van der Waals surface area contributed by atoms with Gasteiger partial charge in [-0.1, -0.05) is 17.7 Å². The van der Waals surface area contributed by atoms with Crippen molar-refractivity contribution in [3.63, 3.8) is 0 Å². The van der Waals surface area contributed by atoms with Crippen LogP contribution in [0.4, 0.5) is 5.69 Å². The van der Waals surface area contributed by atoms with Gasteiger partial charge in [-0.05, 0) is 61.9 Å². The van der Waals surface area contributed by atoms with Gasteiger partial charge in [0, 0.05) is 16.3 Å². The number of nitrogens with one attached hydrogen (secondary N) is 1. The van der Waals surface area contributed by atoms with Crippen LogP contribution in [0.5, 0.6) is 5.75 Å². The van der Waals surface area contributed by atoms with Gasteiger partial charge in [0.25, 0.3) is 0 Å². The first-order valence-electron chi connectivity index (χ1n) is 9.39. The molecule has 0 bridgehead atoms. The Hall–Kier alpha value is -2.90. The smallest absolute Gasteiger partial charge is 0.247 e. The largest absolute Gasteiger partial charge is 0.497 e. The van der Waals surface area contributed by atoms with Crippen LogP contribution in [0.25, 0.3) is 11.5 Å². The van der Waals surface area contributed by atoms with Gasteiger partial charge < -0.3 is 14.5 Å². The molecule has 7 nitrogen and oxygen atoms in total. The molecule has 4 rings (SSSR count). The lowest BCUT2D eigenvalue weighted by atomic mass is 10.2. The average Bonchev–Trinajstić information content (AvgIpc) is 3.39. The molecule has 0 radical (unpaired) electrons. The van der Waals surface area contributed by atoms with Crippen molar-refractivity contribution < 1.29 is 13.9 Å². The number of halogens is 1. The molecule has 2 heterocycles. The highest BCUT2D eigenvalue weighted by Gasteiger charge is 2.32. The van der Waals surface area contributed by atoms with Crippen LogP contribution in [0.3, 0.4) is 0 Å². The number of likely N-dealkylation sites (tertiary alicyclic amines) is 1. The van der Waals surface area contributed by atoms with Crippen molar-refractivity contribution in [2.24, 2.45) is 0 Å². The summed E-state index contributed by atoms with van der Waals surface area (Å²) in [6.07, 6.45) is 1.73. The molecule has 29 heavy (non-hydrogen) atoms. The highest BCUT2D eigenvalue weighted by molar-refractivity contribution is 6.30. The van der Waals surface area contributed by atoms with E-state index in [1.807, 2.05) is 36.4 Å². The Balaban J connectivity index is 1.41. The quantitative estimate of drug-likeness (QED) is 0.659. The van der Waals surface area contributed by atoms with Crippen molar-refractivity contribution in [1.29, 1.82) is 0 Å². The van der Waals surface area contributed by atoms with Gasteiger partial charge in [0.1, 0.15) is 5.75 Å². The van der Waals surface area contributed by atoms with E-state index in [4.69, 9.17) is 20.8 Å². The van der Waals surface area contributed by atoms with Crippen LogP contribution in [0.15, 0.2) is 52.9 Å². The van der Waals surface area contributed by atoms with Crippen LogP contribution in [0, 0.1) is 0 Å². The van der Waals surface area contributed by atoms with Crippen LogP contribution in [0.1, 0.15) is 18.7 Å². The van der Waals surface area contributed by atoms with Crippen LogP contribution in [0.2, 0.25) is 5.02 Å². The van der Waals surface area contributed by atoms with Crippen molar-refractivity contribution >= 4 is 23.2 Å². The molecule has 1 saturated heterocycles. The summed E-state index contributed by atoms with van der Waals surface area (Å²) >= 11 is 6.03. The van der Waals surface area contributed by atoms with Gasteiger partial charge in [-0.3, -0.25) is 9.69 Å². The maximum Gasteiger partial charge on any atom is 0.247 e. The second-order valence-electron chi connectivity index (χ2n) is 6.86. The molecule has 150 valence electrons. The van der Waals surface area contributed by atoms with Gasteiger partial charge in [-0.25, -0.2) is 0 Å². The predicted molar refractivity (Wildman–Crippen MR) is 110 cm³/mol. The summed E-state index contributed by atoms with van der Waals surface area (Å²) in [4.78, 5) is 14.8. The lowest BCUT2D eigenvalue weighted by Crippen LogP contribution is -2.39.